The summed E-state index contributed by atoms with van der Waals surface area (Å²) in [5.41, 5.74) is 1.12. The molecular weight excluding hydrogens is 322 g/mol. The number of likely N-dealkylation sites (tertiary alicyclic amines) is 1. The lowest BCUT2D eigenvalue weighted by atomic mass is 10.0. The first-order valence-electron chi connectivity index (χ1n) is 6.89. The molecule has 0 spiro atoms. The van der Waals surface area contributed by atoms with Crippen molar-refractivity contribution in [3.05, 3.63) is 29.3 Å². The number of hydrogen-bond donors (Lipinski definition) is 1. The van der Waals surface area contributed by atoms with Crippen LogP contribution in [0.1, 0.15) is 28.8 Å². The molecule has 0 saturated carbocycles. The molecule has 0 bridgehead atoms. The van der Waals surface area contributed by atoms with Gasteiger partial charge in [-0.25, -0.2) is 0 Å². The van der Waals surface area contributed by atoms with Crippen molar-refractivity contribution in [1.82, 2.24) is 4.90 Å². The van der Waals surface area contributed by atoms with E-state index in [1.807, 2.05) is 0 Å². The predicted octanol–water partition coefficient (Wildman–Crippen LogP) is 2.72. The number of halogens is 1. The summed E-state index contributed by atoms with van der Waals surface area (Å²) in [6.07, 6.45) is 1.94. The van der Waals surface area contributed by atoms with Crippen molar-refractivity contribution >= 4 is 21.8 Å². The molecule has 0 radical (unpaired) electrons. The van der Waals surface area contributed by atoms with E-state index in [4.69, 9.17) is 4.74 Å². The number of alkyl halides is 1. The summed E-state index contributed by atoms with van der Waals surface area (Å²) in [5, 5.41) is 10.8. The molecule has 5 heteroatoms. The number of ether oxygens (including phenoxy) is 1. The molecule has 1 amide bonds. The van der Waals surface area contributed by atoms with Crippen LogP contribution in [0, 0.1) is 6.92 Å². The van der Waals surface area contributed by atoms with E-state index >= 15 is 0 Å². The fourth-order valence-electron chi connectivity index (χ4n) is 2.44. The summed E-state index contributed by atoms with van der Waals surface area (Å²) in [5.74, 6) is 0.000281. The summed E-state index contributed by atoms with van der Waals surface area (Å²) >= 11 is 3.34. The lowest BCUT2D eigenvalue weighted by Crippen LogP contribution is -2.41. The van der Waals surface area contributed by atoms with Gasteiger partial charge in [0.2, 0.25) is 0 Å². The zero-order valence-corrected chi connectivity index (χ0v) is 13.2. The topological polar surface area (TPSA) is 49.8 Å². The number of phenolic OH excluding ortho intramolecular Hbond substituents is 1. The van der Waals surface area contributed by atoms with Crippen molar-refractivity contribution in [1.29, 1.82) is 0 Å². The van der Waals surface area contributed by atoms with Crippen LogP contribution in [0.5, 0.6) is 5.75 Å². The molecule has 1 aliphatic heterocycles. The largest absolute Gasteiger partial charge is 0.507 e. The molecule has 1 saturated heterocycles. The number of para-hydroxylation sites is 1. The Bertz CT molecular complexity index is 470. The molecule has 4 nitrogen and oxygen atoms in total. The third-order valence-corrected chi connectivity index (χ3v) is 3.95. The monoisotopic (exact) mass is 341 g/mol. The quantitative estimate of drug-likeness (QED) is 0.856. The SMILES string of the molecule is Cc1cccc(C(=O)N2CCC(OCCBr)CC2)c1O. The summed E-state index contributed by atoms with van der Waals surface area (Å²) in [4.78, 5) is 14.2. The van der Waals surface area contributed by atoms with Gasteiger partial charge in [0.05, 0.1) is 18.3 Å². The van der Waals surface area contributed by atoms with Crippen LogP contribution in [-0.4, -0.2) is 47.0 Å². The highest BCUT2D eigenvalue weighted by Gasteiger charge is 2.25. The normalized spacial score (nSPS) is 16.4. The maximum Gasteiger partial charge on any atom is 0.257 e. The van der Waals surface area contributed by atoms with Crippen LogP contribution in [0.25, 0.3) is 0 Å². The van der Waals surface area contributed by atoms with Crippen molar-refractivity contribution in [3.63, 3.8) is 0 Å². The Balaban J connectivity index is 1.96. The Hall–Kier alpha value is -1.07. The lowest BCUT2D eigenvalue weighted by Gasteiger charge is -2.32. The fraction of sp³-hybridized carbons (Fsp3) is 0.533. The Morgan fingerprint density at radius 2 is 2.15 bits per heavy atom. The van der Waals surface area contributed by atoms with Gasteiger partial charge in [-0.3, -0.25) is 4.79 Å². The molecule has 20 heavy (non-hydrogen) atoms. The van der Waals surface area contributed by atoms with E-state index in [1.165, 1.54) is 0 Å². The van der Waals surface area contributed by atoms with Gasteiger partial charge in [-0.2, -0.15) is 0 Å². The first-order chi connectivity index (χ1) is 9.63. The van der Waals surface area contributed by atoms with E-state index in [2.05, 4.69) is 15.9 Å². The van der Waals surface area contributed by atoms with Crippen LogP contribution in [0.3, 0.4) is 0 Å². The number of carbonyl (C=O) groups is 1. The minimum absolute atomic E-state index is 0.0925. The number of piperidine rings is 1. The number of hydrogen-bond acceptors (Lipinski definition) is 3. The van der Waals surface area contributed by atoms with Gasteiger partial charge in [-0.1, -0.05) is 28.1 Å². The molecule has 0 aliphatic carbocycles. The Labute approximate surface area is 127 Å². The van der Waals surface area contributed by atoms with Crippen LogP contribution >= 0.6 is 15.9 Å². The maximum absolute atomic E-state index is 12.4. The third-order valence-electron chi connectivity index (χ3n) is 3.63. The molecule has 0 unspecified atom stereocenters. The second-order valence-electron chi connectivity index (χ2n) is 5.02. The molecule has 1 aliphatic rings. The molecule has 1 aromatic carbocycles. The first kappa shape index (κ1) is 15.3. The molecule has 0 aromatic heterocycles. The molecule has 0 atom stereocenters. The molecular formula is C15H20BrNO3. The van der Waals surface area contributed by atoms with Gasteiger partial charge >= 0.3 is 0 Å². The first-order valence-corrected chi connectivity index (χ1v) is 8.01. The number of rotatable bonds is 4. The van der Waals surface area contributed by atoms with Crippen LogP contribution in [-0.2, 0) is 4.74 Å². The van der Waals surface area contributed by atoms with Crippen LogP contribution < -0.4 is 0 Å². The smallest absolute Gasteiger partial charge is 0.257 e. The fourth-order valence-corrected chi connectivity index (χ4v) is 2.63. The molecule has 1 N–H and O–H groups in total. The minimum atomic E-state index is -0.0925. The van der Waals surface area contributed by atoms with Gasteiger partial charge < -0.3 is 14.7 Å². The number of phenols is 1. The number of amides is 1. The zero-order chi connectivity index (χ0) is 14.5. The van der Waals surface area contributed by atoms with Crippen molar-refractivity contribution in [2.75, 3.05) is 25.0 Å². The highest BCUT2D eigenvalue weighted by Crippen LogP contribution is 2.24. The van der Waals surface area contributed by atoms with E-state index in [0.717, 1.165) is 23.7 Å². The number of nitrogens with zero attached hydrogens (tertiary/aromatic N) is 1. The van der Waals surface area contributed by atoms with E-state index in [-0.39, 0.29) is 17.8 Å². The average Bonchev–Trinajstić information content (AvgIpc) is 2.48. The van der Waals surface area contributed by atoms with Crippen molar-refractivity contribution < 1.29 is 14.6 Å². The summed E-state index contributed by atoms with van der Waals surface area (Å²) in [6, 6.07) is 5.28. The second kappa shape index (κ2) is 7.09. The molecule has 2 rings (SSSR count). The summed E-state index contributed by atoms with van der Waals surface area (Å²) in [6.45, 7) is 3.86. The molecule has 1 heterocycles. The van der Waals surface area contributed by atoms with E-state index in [9.17, 15) is 9.90 Å². The highest BCUT2D eigenvalue weighted by atomic mass is 79.9. The van der Waals surface area contributed by atoms with Crippen molar-refractivity contribution in [3.8, 4) is 5.75 Å². The van der Waals surface area contributed by atoms with Gasteiger partial charge in [0.1, 0.15) is 5.75 Å². The maximum atomic E-state index is 12.4. The number of benzene rings is 1. The van der Waals surface area contributed by atoms with E-state index < -0.39 is 0 Å². The molecule has 1 fully saturated rings. The number of carbonyl (C=O) groups excluding carboxylic acids is 1. The average molecular weight is 342 g/mol. The van der Waals surface area contributed by atoms with E-state index in [1.54, 1.807) is 30.0 Å². The summed E-state index contributed by atoms with van der Waals surface area (Å²) in [7, 11) is 0. The van der Waals surface area contributed by atoms with Gasteiger partial charge in [0.25, 0.3) is 5.91 Å². The van der Waals surface area contributed by atoms with Gasteiger partial charge in [0, 0.05) is 18.4 Å². The van der Waals surface area contributed by atoms with Crippen LogP contribution in [0.2, 0.25) is 0 Å². The van der Waals surface area contributed by atoms with Crippen LogP contribution in [0.15, 0.2) is 18.2 Å². The van der Waals surface area contributed by atoms with Gasteiger partial charge in [-0.05, 0) is 31.4 Å². The molecule has 110 valence electrons. The Kier molecular flexibility index (Phi) is 5.43. The third kappa shape index (κ3) is 3.52. The molecule has 1 aromatic rings. The number of aryl methyl sites for hydroxylation is 1. The zero-order valence-electron chi connectivity index (χ0n) is 11.6. The predicted molar refractivity (Wildman–Crippen MR) is 81.5 cm³/mol. The Morgan fingerprint density at radius 1 is 1.45 bits per heavy atom. The van der Waals surface area contributed by atoms with Gasteiger partial charge in [-0.15, -0.1) is 0 Å². The van der Waals surface area contributed by atoms with Gasteiger partial charge in [0.15, 0.2) is 0 Å². The van der Waals surface area contributed by atoms with E-state index in [0.29, 0.717) is 25.3 Å². The number of aromatic hydroxyl groups is 1. The Morgan fingerprint density at radius 3 is 2.80 bits per heavy atom. The standard InChI is InChI=1S/C15H20BrNO3/c1-11-3-2-4-13(14(11)18)15(19)17-8-5-12(6-9-17)20-10-7-16/h2-4,12,18H,5-10H2,1H3. The lowest BCUT2D eigenvalue weighted by molar-refractivity contribution is 0.0159. The van der Waals surface area contributed by atoms with Crippen LogP contribution in [0.4, 0.5) is 0 Å². The summed E-state index contributed by atoms with van der Waals surface area (Å²) < 4.78 is 5.67. The van der Waals surface area contributed by atoms with Crippen molar-refractivity contribution in [2.24, 2.45) is 0 Å². The second-order valence-corrected chi connectivity index (χ2v) is 5.82. The highest BCUT2D eigenvalue weighted by molar-refractivity contribution is 9.09. The minimum Gasteiger partial charge on any atom is -0.507 e. The van der Waals surface area contributed by atoms with Crippen molar-refractivity contribution in [2.45, 2.75) is 25.9 Å².